The van der Waals surface area contributed by atoms with E-state index in [4.69, 9.17) is 15.7 Å². The number of oxime groups is 1. The van der Waals surface area contributed by atoms with E-state index in [0.717, 1.165) is 37.7 Å². The third-order valence-electron chi connectivity index (χ3n) is 6.51. The van der Waals surface area contributed by atoms with Gasteiger partial charge in [-0.25, -0.2) is 0 Å². The van der Waals surface area contributed by atoms with E-state index in [1.165, 1.54) is 19.3 Å². The van der Waals surface area contributed by atoms with Crippen LogP contribution in [0, 0.1) is 5.92 Å². The molecule has 10 heteroatoms. The molecule has 5 N–H and O–H groups in total. The first-order valence-electron chi connectivity index (χ1n) is 12.3. The standard InChI is InChI=1S/C13H18N4O2.C12H21NO3/c1-17-7-6-11(17)13(18)15-8-9-2-4-10(5-3-9)12(14)16-19;1-2-16-12(15)8-13-11(9-14)10-6-4-3-5-7-10/h2-5,11,19H,6-8H2,1H3,(H2,14,16)(H,15,18);9-11,13H,2-8H2,1H3. The van der Waals surface area contributed by atoms with Gasteiger partial charge in [0.05, 0.1) is 25.2 Å². The van der Waals surface area contributed by atoms with Gasteiger partial charge in [-0.3, -0.25) is 19.8 Å². The van der Waals surface area contributed by atoms with Gasteiger partial charge in [0, 0.05) is 18.7 Å². The lowest BCUT2D eigenvalue weighted by Crippen LogP contribution is -2.53. The topological polar surface area (TPSA) is 146 Å². The highest BCUT2D eigenvalue weighted by Crippen LogP contribution is 2.25. The highest BCUT2D eigenvalue weighted by molar-refractivity contribution is 5.97. The fourth-order valence-electron chi connectivity index (χ4n) is 4.24. The highest BCUT2D eigenvalue weighted by Gasteiger charge is 2.30. The maximum absolute atomic E-state index is 11.8. The van der Waals surface area contributed by atoms with Crippen LogP contribution in [0.2, 0.25) is 0 Å². The molecule has 1 saturated carbocycles. The molecule has 1 heterocycles. The second kappa shape index (κ2) is 15.1. The number of carbonyl (C=O) groups is 3. The number of carbonyl (C=O) groups excluding carboxylic acids is 3. The molecule has 2 aliphatic rings. The van der Waals surface area contributed by atoms with Crippen LogP contribution in [0.5, 0.6) is 0 Å². The molecule has 1 amide bonds. The Morgan fingerprint density at radius 1 is 1.23 bits per heavy atom. The Kier molecular flexibility index (Phi) is 12.2. The van der Waals surface area contributed by atoms with Crippen molar-refractivity contribution in [2.45, 2.75) is 64.1 Å². The summed E-state index contributed by atoms with van der Waals surface area (Å²) in [5.41, 5.74) is 7.10. The normalized spacial score (nSPS) is 19.5. The second-order valence-corrected chi connectivity index (χ2v) is 8.93. The summed E-state index contributed by atoms with van der Waals surface area (Å²) in [6.07, 6.45) is 7.66. The average Bonchev–Trinajstić information content (AvgIpc) is 2.88. The zero-order valence-electron chi connectivity index (χ0n) is 20.7. The quantitative estimate of drug-likeness (QED) is 0.0963. The number of likely N-dealkylation sites (tertiary alicyclic amines) is 1. The number of esters is 1. The summed E-state index contributed by atoms with van der Waals surface area (Å²) in [5.74, 6) is 0.242. The molecular formula is C25H39N5O5. The first kappa shape index (κ1) is 28.3. The van der Waals surface area contributed by atoms with E-state index in [9.17, 15) is 14.4 Å². The number of aldehydes is 1. The molecule has 0 spiro atoms. The SMILES string of the molecule is CCOC(=O)CNC(C=O)C1CCCCC1.CN1CCC1C(=O)NCc1ccc(/C(N)=N/O)cc1. The molecule has 3 rings (SSSR count). The van der Waals surface area contributed by atoms with Crippen LogP contribution in [0.1, 0.15) is 56.6 Å². The largest absolute Gasteiger partial charge is 0.465 e. The van der Waals surface area contributed by atoms with Crippen LogP contribution in [0.25, 0.3) is 0 Å². The highest BCUT2D eigenvalue weighted by atomic mass is 16.5. The molecule has 35 heavy (non-hydrogen) atoms. The van der Waals surface area contributed by atoms with Gasteiger partial charge < -0.3 is 25.8 Å². The minimum atomic E-state index is -0.287. The molecule has 1 aromatic rings. The van der Waals surface area contributed by atoms with E-state index in [0.29, 0.717) is 24.6 Å². The molecule has 0 radical (unpaired) electrons. The number of ether oxygens (including phenoxy) is 1. The van der Waals surface area contributed by atoms with Gasteiger partial charge in [0.15, 0.2) is 5.84 Å². The van der Waals surface area contributed by atoms with Crippen molar-refractivity contribution in [3.8, 4) is 0 Å². The number of amides is 1. The van der Waals surface area contributed by atoms with Gasteiger partial charge in [0.2, 0.25) is 5.91 Å². The molecule has 194 valence electrons. The Morgan fingerprint density at radius 2 is 1.91 bits per heavy atom. The summed E-state index contributed by atoms with van der Waals surface area (Å²) < 4.78 is 4.81. The number of likely N-dealkylation sites (N-methyl/N-ethyl adjacent to an activating group) is 1. The second-order valence-electron chi connectivity index (χ2n) is 8.93. The van der Waals surface area contributed by atoms with Crippen LogP contribution in [0.15, 0.2) is 29.4 Å². The Hall–Kier alpha value is -2.98. The van der Waals surface area contributed by atoms with Crippen molar-refractivity contribution in [1.29, 1.82) is 0 Å². The van der Waals surface area contributed by atoms with Gasteiger partial charge in [0.25, 0.3) is 0 Å². The molecule has 1 aliphatic carbocycles. The zero-order chi connectivity index (χ0) is 25.6. The van der Waals surface area contributed by atoms with Crippen molar-refractivity contribution in [2.24, 2.45) is 16.8 Å². The fraction of sp³-hybridized carbons (Fsp3) is 0.600. The van der Waals surface area contributed by atoms with Gasteiger partial charge in [-0.1, -0.05) is 48.7 Å². The number of nitrogens with one attached hydrogen (secondary N) is 2. The number of hydrogen-bond acceptors (Lipinski definition) is 8. The number of benzene rings is 1. The summed E-state index contributed by atoms with van der Waals surface area (Å²) in [4.78, 5) is 35.9. The fourth-order valence-corrected chi connectivity index (χ4v) is 4.24. The van der Waals surface area contributed by atoms with Gasteiger partial charge in [-0.15, -0.1) is 0 Å². The molecule has 0 bridgehead atoms. The minimum Gasteiger partial charge on any atom is -0.465 e. The summed E-state index contributed by atoms with van der Waals surface area (Å²) in [6.45, 7) is 3.76. The zero-order valence-corrected chi connectivity index (χ0v) is 20.7. The third-order valence-corrected chi connectivity index (χ3v) is 6.51. The average molecular weight is 490 g/mol. The predicted octanol–water partition coefficient (Wildman–Crippen LogP) is 1.39. The maximum Gasteiger partial charge on any atom is 0.319 e. The maximum atomic E-state index is 11.8. The molecule has 0 aromatic heterocycles. The van der Waals surface area contributed by atoms with E-state index in [2.05, 4.69) is 15.8 Å². The Labute approximate surface area is 207 Å². The first-order chi connectivity index (χ1) is 16.9. The Balaban J connectivity index is 0.000000251. The predicted molar refractivity (Wildman–Crippen MR) is 133 cm³/mol. The molecular weight excluding hydrogens is 450 g/mol. The van der Waals surface area contributed by atoms with Crippen LogP contribution >= 0.6 is 0 Å². The van der Waals surface area contributed by atoms with Crippen molar-refractivity contribution in [3.05, 3.63) is 35.4 Å². The van der Waals surface area contributed by atoms with Gasteiger partial charge in [0.1, 0.15) is 6.29 Å². The van der Waals surface area contributed by atoms with E-state index in [1.54, 1.807) is 19.1 Å². The monoisotopic (exact) mass is 489 g/mol. The molecule has 1 saturated heterocycles. The van der Waals surface area contributed by atoms with Gasteiger partial charge in [-0.05, 0) is 44.7 Å². The van der Waals surface area contributed by atoms with Crippen molar-refractivity contribution in [3.63, 3.8) is 0 Å². The number of nitrogens with zero attached hydrogens (tertiary/aromatic N) is 2. The van der Waals surface area contributed by atoms with E-state index >= 15 is 0 Å². The molecule has 2 unspecified atom stereocenters. The van der Waals surface area contributed by atoms with E-state index in [-0.39, 0.29) is 36.3 Å². The number of nitrogens with two attached hydrogens (primary N) is 1. The smallest absolute Gasteiger partial charge is 0.319 e. The molecule has 1 aliphatic heterocycles. The molecule has 2 atom stereocenters. The number of hydrogen-bond donors (Lipinski definition) is 4. The molecule has 1 aromatic carbocycles. The Bertz CT molecular complexity index is 839. The Morgan fingerprint density at radius 3 is 2.43 bits per heavy atom. The van der Waals surface area contributed by atoms with E-state index < -0.39 is 0 Å². The van der Waals surface area contributed by atoms with Crippen LogP contribution in [0.3, 0.4) is 0 Å². The summed E-state index contributed by atoms with van der Waals surface area (Å²) in [6, 6.07) is 7.02. The summed E-state index contributed by atoms with van der Waals surface area (Å²) in [7, 11) is 1.94. The summed E-state index contributed by atoms with van der Waals surface area (Å²) >= 11 is 0. The van der Waals surface area contributed by atoms with Crippen molar-refractivity contribution in [1.82, 2.24) is 15.5 Å². The van der Waals surface area contributed by atoms with Gasteiger partial charge >= 0.3 is 5.97 Å². The van der Waals surface area contributed by atoms with Crippen LogP contribution in [-0.2, 0) is 25.7 Å². The first-order valence-corrected chi connectivity index (χ1v) is 12.3. The number of rotatable bonds is 10. The molecule has 10 nitrogen and oxygen atoms in total. The third kappa shape index (κ3) is 9.29. The lowest BCUT2D eigenvalue weighted by molar-refractivity contribution is -0.142. The summed E-state index contributed by atoms with van der Waals surface area (Å²) in [5, 5.41) is 17.4. The van der Waals surface area contributed by atoms with Crippen molar-refractivity contribution >= 4 is 24.0 Å². The minimum absolute atomic E-state index is 0.0106. The lowest BCUT2D eigenvalue weighted by atomic mass is 9.84. The van der Waals surface area contributed by atoms with Gasteiger partial charge in [-0.2, -0.15) is 0 Å². The number of amidine groups is 1. The lowest BCUT2D eigenvalue weighted by Gasteiger charge is -2.36. The van der Waals surface area contributed by atoms with Crippen LogP contribution in [0.4, 0.5) is 0 Å². The van der Waals surface area contributed by atoms with Crippen molar-refractivity contribution in [2.75, 3.05) is 26.7 Å². The van der Waals surface area contributed by atoms with Crippen LogP contribution in [-0.4, -0.2) is 72.9 Å². The van der Waals surface area contributed by atoms with Crippen LogP contribution < -0.4 is 16.4 Å². The molecule has 2 fully saturated rings. The van der Waals surface area contributed by atoms with E-state index in [1.807, 2.05) is 24.1 Å². The van der Waals surface area contributed by atoms with Crippen molar-refractivity contribution < 1.29 is 24.3 Å².